The summed E-state index contributed by atoms with van der Waals surface area (Å²) in [5.41, 5.74) is 2.37. The molecule has 0 atom stereocenters. The molecular formula is C10H10O2. The van der Waals surface area contributed by atoms with Gasteiger partial charge in [0.1, 0.15) is 5.76 Å². The third-order valence-corrected chi connectivity index (χ3v) is 1.77. The Bertz CT molecular complexity index is 344. The van der Waals surface area contributed by atoms with E-state index in [0.717, 1.165) is 12.2 Å². The predicted octanol–water partition coefficient (Wildman–Crippen LogP) is 2.77. The monoisotopic (exact) mass is 162 g/mol. The van der Waals surface area contributed by atoms with Gasteiger partial charge in [0.05, 0.1) is 18.8 Å². The summed E-state index contributed by atoms with van der Waals surface area (Å²) in [6.07, 6.45) is 6.10. The highest BCUT2D eigenvalue weighted by atomic mass is 16.3. The average molecular weight is 162 g/mol. The molecule has 62 valence electrons. The molecule has 0 aliphatic carbocycles. The molecule has 2 rings (SSSR count). The molecular weight excluding hydrogens is 152 g/mol. The molecule has 0 N–H and O–H groups in total. The minimum Gasteiger partial charge on any atom is -0.472 e. The lowest BCUT2D eigenvalue weighted by molar-refractivity contribution is 0.532. The van der Waals surface area contributed by atoms with Gasteiger partial charge in [-0.15, -0.1) is 0 Å². The quantitative estimate of drug-likeness (QED) is 0.678. The summed E-state index contributed by atoms with van der Waals surface area (Å²) in [5.74, 6) is 0.952. The summed E-state index contributed by atoms with van der Waals surface area (Å²) >= 11 is 0. The standard InChI is InChI=1S/C10H10O2/c1-8-4-10(7-12-8)5-9-2-3-11-6-9/h2-4,6-7H,5H2,1H3. The van der Waals surface area contributed by atoms with Crippen LogP contribution in [0.4, 0.5) is 0 Å². The van der Waals surface area contributed by atoms with Crippen LogP contribution >= 0.6 is 0 Å². The SMILES string of the molecule is Cc1cc(Cc2ccoc2)co1. The smallest absolute Gasteiger partial charge is 0.100 e. The van der Waals surface area contributed by atoms with E-state index in [1.165, 1.54) is 11.1 Å². The first kappa shape index (κ1) is 7.22. The van der Waals surface area contributed by atoms with Crippen LogP contribution in [0.5, 0.6) is 0 Å². The fourth-order valence-corrected chi connectivity index (χ4v) is 1.22. The van der Waals surface area contributed by atoms with Gasteiger partial charge in [0.2, 0.25) is 0 Å². The first-order chi connectivity index (χ1) is 5.84. The lowest BCUT2D eigenvalue weighted by Crippen LogP contribution is -1.80. The summed E-state index contributed by atoms with van der Waals surface area (Å²) in [7, 11) is 0. The highest BCUT2D eigenvalue weighted by Crippen LogP contribution is 2.12. The van der Waals surface area contributed by atoms with Gasteiger partial charge in [0.25, 0.3) is 0 Å². The summed E-state index contributed by atoms with van der Waals surface area (Å²) in [5, 5.41) is 0. The van der Waals surface area contributed by atoms with Crippen molar-refractivity contribution in [1.82, 2.24) is 0 Å². The fraction of sp³-hybridized carbons (Fsp3) is 0.200. The van der Waals surface area contributed by atoms with Crippen molar-refractivity contribution in [1.29, 1.82) is 0 Å². The molecule has 2 aromatic rings. The molecule has 2 nitrogen and oxygen atoms in total. The molecule has 0 bridgehead atoms. The Morgan fingerprint density at radius 2 is 2.17 bits per heavy atom. The van der Waals surface area contributed by atoms with E-state index < -0.39 is 0 Å². The van der Waals surface area contributed by atoms with E-state index in [1.54, 1.807) is 18.8 Å². The molecule has 0 aliphatic heterocycles. The number of hydrogen-bond donors (Lipinski definition) is 0. The van der Waals surface area contributed by atoms with Crippen LogP contribution in [0.1, 0.15) is 16.9 Å². The average Bonchev–Trinajstić information content (AvgIpc) is 2.63. The van der Waals surface area contributed by atoms with Gasteiger partial charge in [0.15, 0.2) is 0 Å². The van der Waals surface area contributed by atoms with E-state index in [1.807, 2.05) is 19.1 Å². The lowest BCUT2D eigenvalue weighted by Gasteiger charge is -1.88. The molecule has 0 unspecified atom stereocenters. The Kier molecular flexibility index (Phi) is 1.74. The molecule has 0 aliphatic rings. The van der Waals surface area contributed by atoms with Crippen molar-refractivity contribution in [2.75, 3.05) is 0 Å². The van der Waals surface area contributed by atoms with Crippen molar-refractivity contribution in [3.63, 3.8) is 0 Å². The van der Waals surface area contributed by atoms with Crippen molar-refractivity contribution in [2.45, 2.75) is 13.3 Å². The van der Waals surface area contributed by atoms with Gasteiger partial charge in [-0.3, -0.25) is 0 Å². The molecule has 0 amide bonds. The second-order valence-electron chi connectivity index (χ2n) is 2.87. The molecule has 2 heteroatoms. The zero-order valence-electron chi connectivity index (χ0n) is 6.91. The number of aryl methyl sites for hydroxylation is 1. The van der Waals surface area contributed by atoms with Crippen molar-refractivity contribution in [2.24, 2.45) is 0 Å². The van der Waals surface area contributed by atoms with Crippen LogP contribution in [0.25, 0.3) is 0 Å². The maximum absolute atomic E-state index is 5.18. The Balaban J connectivity index is 2.14. The Labute approximate surface area is 70.8 Å². The Hall–Kier alpha value is -1.44. The number of hydrogen-bond acceptors (Lipinski definition) is 2. The van der Waals surface area contributed by atoms with E-state index >= 15 is 0 Å². The Morgan fingerprint density at radius 1 is 1.25 bits per heavy atom. The summed E-state index contributed by atoms with van der Waals surface area (Å²) in [6.45, 7) is 1.94. The van der Waals surface area contributed by atoms with E-state index in [9.17, 15) is 0 Å². The summed E-state index contributed by atoms with van der Waals surface area (Å²) in [6, 6.07) is 4.00. The predicted molar refractivity (Wildman–Crippen MR) is 45.0 cm³/mol. The van der Waals surface area contributed by atoms with Crippen molar-refractivity contribution >= 4 is 0 Å². The van der Waals surface area contributed by atoms with Gasteiger partial charge in [-0.1, -0.05) is 0 Å². The molecule has 0 aromatic carbocycles. The maximum atomic E-state index is 5.18. The van der Waals surface area contributed by atoms with E-state index in [-0.39, 0.29) is 0 Å². The topological polar surface area (TPSA) is 26.3 Å². The zero-order valence-corrected chi connectivity index (χ0v) is 6.91. The molecule has 0 saturated carbocycles. The second kappa shape index (κ2) is 2.89. The minimum absolute atomic E-state index is 0.883. The molecule has 0 radical (unpaired) electrons. The van der Waals surface area contributed by atoms with Gasteiger partial charge in [0, 0.05) is 6.42 Å². The third-order valence-electron chi connectivity index (χ3n) is 1.77. The van der Waals surface area contributed by atoms with E-state index in [0.29, 0.717) is 0 Å². The van der Waals surface area contributed by atoms with Gasteiger partial charge in [-0.2, -0.15) is 0 Å². The first-order valence-electron chi connectivity index (χ1n) is 3.90. The molecule has 0 spiro atoms. The largest absolute Gasteiger partial charge is 0.472 e. The normalized spacial score (nSPS) is 10.4. The highest BCUT2D eigenvalue weighted by molar-refractivity contribution is 5.21. The van der Waals surface area contributed by atoms with Gasteiger partial charge < -0.3 is 8.83 Å². The minimum atomic E-state index is 0.883. The molecule has 12 heavy (non-hydrogen) atoms. The molecule has 2 aromatic heterocycles. The third kappa shape index (κ3) is 1.42. The lowest BCUT2D eigenvalue weighted by atomic mass is 10.1. The van der Waals surface area contributed by atoms with E-state index in [4.69, 9.17) is 8.83 Å². The van der Waals surface area contributed by atoms with Crippen LogP contribution in [0, 0.1) is 6.92 Å². The van der Waals surface area contributed by atoms with Crippen molar-refractivity contribution < 1.29 is 8.83 Å². The highest BCUT2D eigenvalue weighted by Gasteiger charge is 1.99. The molecule has 2 heterocycles. The molecule has 0 saturated heterocycles. The summed E-state index contributed by atoms with van der Waals surface area (Å²) < 4.78 is 10.1. The van der Waals surface area contributed by atoms with Crippen LogP contribution in [0.2, 0.25) is 0 Å². The van der Waals surface area contributed by atoms with Crippen LogP contribution < -0.4 is 0 Å². The van der Waals surface area contributed by atoms with Crippen LogP contribution in [0.15, 0.2) is 39.8 Å². The number of rotatable bonds is 2. The number of furan rings is 2. The Morgan fingerprint density at radius 3 is 2.75 bits per heavy atom. The first-order valence-corrected chi connectivity index (χ1v) is 3.90. The van der Waals surface area contributed by atoms with Crippen LogP contribution in [-0.4, -0.2) is 0 Å². The van der Waals surface area contributed by atoms with Crippen LogP contribution in [-0.2, 0) is 6.42 Å². The fourth-order valence-electron chi connectivity index (χ4n) is 1.22. The van der Waals surface area contributed by atoms with Gasteiger partial charge in [-0.25, -0.2) is 0 Å². The van der Waals surface area contributed by atoms with Crippen LogP contribution in [0.3, 0.4) is 0 Å². The van der Waals surface area contributed by atoms with Gasteiger partial charge in [-0.05, 0) is 30.2 Å². The van der Waals surface area contributed by atoms with Crippen molar-refractivity contribution in [3.05, 3.63) is 47.8 Å². The van der Waals surface area contributed by atoms with E-state index in [2.05, 4.69) is 0 Å². The second-order valence-corrected chi connectivity index (χ2v) is 2.87. The summed E-state index contributed by atoms with van der Waals surface area (Å²) in [4.78, 5) is 0. The van der Waals surface area contributed by atoms with Crippen molar-refractivity contribution in [3.8, 4) is 0 Å². The maximum Gasteiger partial charge on any atom is 0.100 e. The zero-order chi connectivity index (χ0) is 8.39. The van der Waals surface area contributed by atoms with Gasteiger partial charge >= 0.3 is 0 Å². The molecule has 0 fully saturated rings.